The Hall–Kier alpha value is -4.00. The summed E-state index contributed by atoms with van der Waals surface area (Å²) in [5.74, 6) is 0.510. The second kappa shape index (κ2) is 9.81. The first-order chi connectivity index (χ1) is 17.7. The smallest absolute Gasteiger partial charge is 0.309 e. The number of hydrogen-bond acceptors (Lipinski definition) is 6. The Morgan fingerprint density at radius 2 is 1.78 bits per heavy atom. The van der Waals surface area contributed by atoms with Crippen molar-refractivity contribution in [2.75, 3.05) is 5.73 Å². The van der Waals surface area contributed by atoms with Gasteiger partial charge in [0.2, 0.25) is 0 Å². The van der Waals surface area contributed by atoms with E-state index in [1.54, 1.807) is 16.8 Å². The van der Waals surface area contributed by atoms with E-state index < -0.39 is 5.60 Å². The molecule has 1 aromatic carbocycles. The molecular weight excluding hydrogens is 462 g/mol. The quantitative estimate of drug-likeness (QED) is 0.327. The number of nitrogens with two attached hydrogens (primary N) is 1. The number of fused-ring (bicyclic) bond motifs is 1. The summed E-state index contributed by atoms with van der Waals surface area (Å²) in [7, 11) is 0. The lowest BCUT2D eigenvalue weighted by atomic mass is 9.79. The molecule has 3 aromatic heterocycles. The predicted molar refractivity (Wildman–Crippen MR) is 147 cm³/mol. The lowest BCUT2D eigenvalue weighted by molar-refractivity contribution is -0.161. The summed E-state index contributed by atoms with van der Waals surface area (Å²) in [6, 6.07) is 14.1. The summed E-state index contributed by atoms with van der Waals surface area (Å²) in [5, 5.41) is 4.53. The fraction of sp³-hybridized carbons (Fsp3) is 0.333. The third-order valence-electron chi connectivity index (χ3n) is 6.95. The molecule has 0 amide bonds. The molecular formula is C30H33N5O2. The number of carbonyl (C=O) groups is 1. The number of anilines is 1. The van der Waals surface area contributed by atoms with Crippen molar-refractivity contribution >= 4 is 23.5 Å². The molecule has 190 valence electrons. The van der Waals surface area contributed by atoms with Gasteiger partial charge in [-0.3, -0.25) is 9.78 Å². The van der Waals surface area contributed by atoms with Crippen molar-refractivity contribution in [3.05, 3.63) is 72.7 Å². The Morgan fingerprint density at radius 1 is 1.05 bits per heavy atom. The van der Waals surface area contributed by atoms with Crippen LogP contribution in [0.25, 0.3) is 34.1 Å². The summed E-state index contributed by atoms with van der Waals surface area (Å²) in [4.78, 5) is 22.4. The molecule has 0 atom stereocenters. The van der Waals surface area contributed by atoms with Gasteiger partial charge in [-0.2, -0.15) is 9.61 Å². The fourth-order valence-electron chi connectivity index (χ4n) is 5.09. The van der Waals surface area contributed by atoms with E-state index in [-0.39, 0.29) is 17.8 Å². The molecule has 0 radical (unpaired) electrons. The van der Waals surface area contributed by atoms with Crippen LogP contribution in [0.3, 0.4) is 0 Å². The van der Waals surface area contributed by atoms with Crippen LogP contribution in [0.4, 0.5) is 5.82 Å². The van der Waals surface area contributed by atoms with Gasteiger partial charge in [-0.1, -0.05) is 49.1 Å². The second-order valence-corrected chi connectivity index (χ2v) is 10.7. The van der Waals surface area contributed by atoms with E-state index in [4.69, 9.17) is 15.5 Å². The fourth-order valence-corrected chi connectivity index (χ4v) is 5.09. The van der Waals surface area contributed by atoms with E-state index >= 15 is 0 Å². The molecule has 0 bridgehead atoms. The van der Waals surface area contributed by atoms with Crippen LogP contribution in [0, 0.1) is 5.92 Å². The van der Waals surface area contributed by atoms with Gasteiger partial charge in [0.25, 0.3) is 0 Å². The number of rotatable bonds is 5. The van der Waals surface area contributed by atoms with Crippen LogP contribution in [-0.4, -0.2) is 31.2 Å². The maximum atomic E-state index is 12.6. The number of pyridine rings is 1. The topological polar surface area (TPSA) is 95.4 Å². The zero-order chi connectivity index (χ0) is 26.2. The van der Waals surface area contributed by atoms with Crippen LogP contribution in [0.2, 0.25) is 0 Å². The largest absolute Gasteiger partial charge is 0.460 e. The Labute approximate surface area is 217 Å². The monoisotopic (exact) mass is 495 g/mol. The first kappa shape index (κ1) is 24.7. The van der Waals surface area contributed by atoms with Crippen LogP contribution in [-0.2, 0) is 9.53 Å². The second-order valence-electron chi connectivity index (χ2n) is 10.7. The highest BCUT2D eigenvalue weighted by atomic mass is 16.6. The number of nitrogen functional groups attached to an aromatic ring is 1. The van der Waals surface area contributed by atoms with Crippen molar-refractivity contribution in [2.45, 2.75) is 58.0 Å². The normalized spacial score (nSPS) is 18.0. The van der Waals surface area contributed by atoms with Gasteiger partial charge in [0.1, 0.15) is 11.4 Å². The summed E-state index contributed by atoms with van der Waals surface area (Å²) >= 11 is 0. The maximum absolute atomic E-state index is 12.6. The molecule has 5 rings (SSSR count). The first-order valence-electron chi connectivity index (χ1n) is 12.8. The van der Waals surface area contributed by atoms with E-state index in [1.807, 2.05) is 69.4 Å². The average Bonchev–Trinajstić information content (AvgIpc) is 3.33. The van der Waals surface area contributed by atoms with Crippen molar-refractivity contribution in [3.8, 4) is 22.4 Å². The molecule has 0 unspecified atom stereocenters. The molecule has 1 saturated carbocycles. The van der Waals surface area contributed by atoms with Crippen LogP contribution in [0.5, 0.6) is 0 Å². The molecule has 7 heteroatoms. The number of aromatic nitrogens is 4. The summed E-state index contributed by atoms with van der Waals surface area (Å²) < 4.78 is 7.30. The zero-order valence-corrected chi connectivity index (χ0v) is 21.6. The number of esters is 1. The average molecular weight is 496 g/mol. The molecule has 1 fully saturated rings. The first-order valence-corrected chi connectivity index (χ1v) is 12.8. The molecule has 1 aliphatic carbocycles. The molecule has 0 spiro atoms. The van der Waals surface area contributed by atoms with Gasteiger partial charge < -0.3 is 10.5 Å². The van der Waals surface area contributed by atoms with Gasteiger partial charge in [0.05, 0.1) is 23.5 Å². The Morgan fingerprint density at radius 3 is 2.41 bits per heavy atom. The van der Waals surface area contributed by atoms with Crippen molar-refractivity contribution < 1.29 is 9.53 Å². The number of nitrogens with zero attached hydrogens (tertiary/aromatic N) is 4. The Kier molecular flexibility index (Phi) is 6.54. The van der Waals surface area contributed by atoms with Gasteiger partial charge in [0.15, 0.2) is 5.65 Å². The third kappa shape index (κ3) is 4.99. The van der Waals surface area contributed by atoms with Gasteiger partial charge >= 0.3 is 5.97 Å². The van der Waals surface area contributed by atoms with Crippen molar-refractivity contribution in [1.82, 2.24) is 19.6 Å². The van der Waals surface area contributed by atoms with Crippen LogP contribution in [0.1, 0.15) is 63.6 Å². The van der Waals surface area contributed by atoms with Gasteiger partial charge in [-0.05, 0) is 52.5 Å². The lowest BCUT2D eigenvalue weighted by Crippen LogP contribution is -2.31. The number of carbonyl (C=O) groups excluding carboxylic acids is 1. The van der Waals surface area contributed by atoms with Crippen LogP contribution < -0.4 is 5.73 Å². The minimum Gasteiger partial charge on any atom is -0.460 e. The number of ether oxygens (including phenoxy) is 1. The SMILES string of the molecule is C=Cc1c(C2CCC(C(=O)OC(C)(C)C)CC2)nc2c(-c3ccc(-c4ccccc4)nc3)cnn2c1N. The molecule has 0 saturated heterocycles. The molecule has 37 heavy (non-hydrogen) atoms. The molecule has 7 nitrogen and oxygen atoms in total. The number of benzene rings is 1. The highest BCUT2D eigenvalue weighted by Gasteiger charge is 2.32. The van der Waals surface area contributed by atoms with E-state index in [0.717, 1.165) is 59.3 Å². The Bertz CT molecular complexity index is 1430. The van der Waals surface area contributed by atoms with Gasteiger partial charge in [-0.25, -0.2) is 4.98 Å². The Balaban J connectivity index is 1.44. The van der Waals surface area contributed by atoms with Crippen molar-refractivity contribution in [3.63, 3.8) is 0 Å². The summed E-state index contributed by atoms with van der Waals surface area (Å²) in [5.41, 5.74) is 12.3. The van der Waals surface area contributed by atoms with Crippen LogP contribution >= 0.6 is 0 Å². The van der Waals surface area contributed by atoms with Gasteiger partial charge in [-0.15, -0.1) is 0 Å². The molecule has 4 aromatic rings. The molecule has 2 N–H and O–H groups in total. The highest BCUT2D eigenvalue weighted by Crippen LogP contribution is 2.40. The van der Waals surface area contributed by atoms with E-state index in [0.29, 0.717) is 11.5 Å². The van der Waals surface area contributed by atoms with E-state index in [1.165, 1.54) is 0 Å². The zero-order valence-electron chi connectivity index (χ0n) is 21.6. The maximum Gasteiger partial charge on any atom is 0.309 e. The van der Waals surface area contributed by atoms with Gasteiger partial charge in [0, 0.05) is 34.4 Å². The van der Waals surface area contributed by atoms with Crippen molar-refractivity contribution in [2.24, 2.45) is 5.92 Å². The minimum atomic E-state index is -0.475. The highest BCUT2D eigenvalue weighted by molar-refractivity contribution is 5.80. The van der Waals surface area contributed by atoms with Crippen molar-refractivity contribution in [1.29, 1.82) is 0 Å². The number of hydrogen-bond donors (Lipinski definition) is 1. The standard InChI is InChI=1S/C30H33N5O2/c1-5-23-26(20-11-13-21(14-12-20)29(36)37-30(2,3)4)34-28-24(18-33-35(28)27(23)31)22-15-16-25(32-17-22)19-9-7-6-8-10-19/h5-10,15-18,20-21H,1,11-14,31H2,2-4H3. The molecule has 3 heterocycles. The van der Waals surface area contributed by atoms with Crippen LogP contribution in [0.15, 0.2) is 61.4 Å². The molecule has 1 aliphatic rings. The summed E-state index contributed by atoms with van der Waals surface area (Å²) in [6.45, 7) is 9.71. The summed E-state index contributed by atoms with van der Waals surface area (Å²) in [6.07, 6.45) is 8.60. The third-order valence-corrected chi connectivity index (χ3v) is 6.95. The van der Waals surface area contributed by atoms with E-state index in [9.17, 15) is 4.79 Å². The van der Waals surface area contributed by atoms with E-state index in [2.05, 4.69) is 16.7 Å². The predicted octanol–water partition coefficient (Wildman–Crippen LogP) is 6.30. The lowest BCUT2D eigenvalue weighted by Gasteiger charge is -2.30. The molecule has 0 aliphatic heterocycles. The minimum absolute atomic E-state index is 0.0801.